The topological polar surface area (TPSA) is 67.8 Å². The van der Waals surface area contributed by atoms with Crippen LogP contribution in [0.2, 0.25) is 0 Å². The number of carbonyl (C=O) groups excluding carboxylic acids is 1. The number of phenols is 1. The molecule has 0 atom stereocenters. The van der Waals surface area contributed by atoms with Crippen LogP contribution in [-0.4, -0.2) is 24.2 Å². The quantitative estimate of drug-likeness (QED) is 0.822. The van der Waals surface area contributed by atoms with E-state index in [-0.39, 0.29) is 18.1 Å². The van der Waals surface area contributed by atoms with E-state index >= 15 is 0 Å². The lowest BCUT2D eigenvalue weighted by Crippen LogP contribution is -2.15. The van der Waals surface area contributed by atoms with Crippen molar-refractivity contribution in [2.45, 2.75) is 20.3 Å². The average molecular weight is 315 g/mol. The van der Waals surface area contributed by atoms with Gasteiger partial charge in [-0.3, -0.25) is 4.79 Å². The number of anilines is 1. The van der Waals surface area contributed by atoms with Gasteiger partial charge in [-0.1, -0.05) is 12.1 Å². The van der Waals surface area contributed by atoms with Gasteiger partial charge in [0.15, 0.2) is 0 Å². The Kier molecular flexibility index (Phi) is 5.86. The summed E-state index contributed by atoms with van der Waals surface area (Å²) in [6.07, 6.45) is 0.213. The molecule has 0 aliphatic heterocycles. The Bertz CT molecular complexity index is 653. The van der Waals surface area contributed by atoms with Crippen LogP contribution in [0.15, 0.2) is 42.5 Å². The van der Waals surface area contributed by atoms with Crippen LogP contribution in [0.5, 0.6) is 17.2 Å². The molecule has 2 rings (SSSR count). The van der Waals surface area contributed by atoms with E-state index in [1.807, 2.05) is 19.9 Å². The standard InChI is InChI=1S/C18H21NO4/c1-3-22-15-9-10-17(23-4-2)16(12-15)19-18(21)11-13-5-7-14(20)8-6-13/h5-10,12,20H,3-4,11H2,1-2H3,(H,19,21). The van der Waals surface area contributed by atoms with E-state index in [2.05, 4.69) is 5.32 Å². The van der Waals surface area contributed by atoms with Crippen molar-refractivity contribution < 1.29 is 19.4 Å². The maximum atomic E-state index is 12.2. The summed E-state index contributed by atoms with van der Waals surface area (Å²) in [6.45, 7) is 4.85. The Labute approximate surface area is 135 Å². The first kappa shape index (κ1) is 16.7. The number of phenolic OH excluding ortho intramolecular Hbond substituents is 1. The number of rotatable bonds is 7. The monoisotopic (exact) mass is 315 g/mol. The van der Waals surface area contributed by atoms with Crippen molar-refractivity contribution in [3.05, 3.63) is 48.0 Å². The number of nitrogens with one attached hydrogen (secondary N) is 1. The van der Waals surface area contributed by atoms with Gasteiger partial charge in [0.25, 0.3) is 0 Å². The first-order valence-corrected chi connectivity index (χ1v) is 7.59. The van der Waals surface area contributed by atoms with E-state index in [0.717, 1.165) is 5.56 Å². The molecule has 122 valence electrons. The average Bonchev–Trinajstić information content (AvgIpc) is 2.52. The largest absolute Gasteiger partial charge is 0.508 e. The highest BCUT2D eigenvalue weighted by atomic mass is 16.5. The van der Waals surface area contributed by atoms with E-state index in [4.69, 9.17) is 9.47 Å². The highest BCUT2D eigenvalue weighted by Gasteiger charge is 2.10. The second kappa shape index (κ2) is 8.08. The minimum absolute atomic E-state index is 0.162. The fourth-order valence-corrected chi connectivity index (χ4v) is 2.14. The van der Waals surface area contributed by atoms with Crippen LogP contribution in [-0.2, 0) is 11.2 Å². The van der Waals surface area contributed by atoms with Gasteiger partial charge < -0.3 is 19.9 Å². The molecule has 23 heavy (non-hydrogen) atoms. The lowest BCUT2D eigenvalue weighted by molar-refractivity contribution is -0.115. The van der Waals surface area contributed by atoms with Gasteiger partial charge in [-0.25, -0.2) is 0 Å². The minimum atomic E-state index is -0.162. The van der Waals surface area contributed by atoms with Crippen molar-refractivity contribution in [2.75, 3.05) is 18.5 Å². The molecule has 0 saturated carbocycles. The van der Waals surface area contributed by atoms with Crippen molar-refractivity contribution in [1.29, 1.82) is 0 Å². The molecule has 0 bridgehead atoms. The lowest BCUT2D eigenvalue weighted by Gasteiger charge is -2.13. The van der Waals surface area contributed by atoms with Crippen LogP contribution in [0, 0.1) is 0 Å². The minimum Gasteiger partial charge on any atom is -0.508 e. The fourth-order valence-electron chi connectivity index (χ4n) is 2.14. The van der Waals surface area contributed by atoms with Crippen molar-refractivity contribution in [3.63, 3.8) is 0 Å². The molecule has 0 saturated heterocycles. The fraction of sp³-hybridized carbons (Fsp3) is 0.278. The zero-order valence-corrected chi connectivity index (χ0v) is 13.3. The molecule has 0 aliphatic carbocycles. The van der Waals surface area contributed by atoms with Gasteiger partial charge in [0.05, 0.1) is 25.3 Å². The van der Waals surface area contributed by atoms with Gasteiger partial charge in [-0.2, -0.15) is 0 Å². The Morgan fingerprint density at radius 1 is 1.04 bits per heavy atom. The molecule has 0 spiro atoms. The molecule has 0 aromatic heterocycles. The number of hydrogen-bond acceptors (Lipinski definition) is 4. The molecule has 2 aromatic carbocycles. The summed E-state index contributed by atoms with van der Waals surface area (Å²) in [4.78, 5) is 12.2. The van der Waals surface area contributed by atoms with Crippen molar-refractivity contribution in [1.82, 2.24) is 0 Å². The van der Waals surface area contributed by atoms with Crippen LogP contribution in [0.25, 0.3) is 0 Å². The van der Waals surface area contributed by atoms with Gasteiger partial charge in [0, 0.05) is 6.07 Å². The normalized spacial score (nSPS) is 10.2. The van der Waals surface area contributed by atoms with Crippen LogP contribution in [0.1, 0.15) is 19.4 Å². The third-order valence-electron chi connectivity index (χ3n) is 3.14. The summed E-state index contributed by atoms with van der Waals surface area (Å²) >= 11 is 0. The molecule has 0 aliphatic rings. The van der Waals surface area contributed by atoms with Crippen LogP contribution >= 0.6 is 0 Å². The lowest BCUT2D eigenvalue weighted by atomic mass is 10.1. The molecule has 0 fully saturated rings. The number of aromatic hydroxyl groups is 1. The maximum Gasteiger partial charge on any atom is 0.228 e. The molecule has 2 aromatic rings. The molecule has 5 nitrogen and oxygen atoms in total. The number of amides is 1. The van der Waals surface area contributed by atoms with E-state index in [9.17, 15) is 9.90 Å². The Balaban J connectivity index is 2.11. The van der Waals surface area contributed by atoms with Crippen molar-refractivity contribution in [3.8, 4) is 17.2 Å². The van der Waals surface area contributed by atoms with Gasteiger partial charge in [0.1, 0.15) is 17.2 Å². The maximum absolute atomic E-state index is 12.2. The molecule has 0 radical (unpaired) electrons. The Morgan fingerprint density at radius 2 is 1.74 bits per heavy atom. The third-order valence-corrected chi connectivity index (χ3v) is 3.14. The number of benzene rings is 2. The first-order chi connectivity index (χ1) is 11.1. The van der Waals surface area contributed by atoms with E-state index in [0.29, 0.717) is 30.4 Å². The summed E-state index contributed by atoms with van der Waals surface area (Å²) in [5.41, 5.74) is 1.40. The predicted octanol–water partition coefficient (Wildman–Crippen LogP) is 3.37. The molecule has 2 N–H and O–H groups in total. The summed E-state index contributed by atoms with van der Waals surface area (Å²) < 4.78 is 11.0. The Morgan fingerprint density at radius 3 is 2.39 bits per heavy atom. The summed E-state index contributed by atoms with van der Waals surface area (Å²) in [6, 6.07) is 11.9. The van der Waals surface area contributed by atoms with E-state index in [1.165, 1.54) is 0 Å². The second-order valence-electron chi connectivity index (χ2n) is 4.92. The molecule has 1 amide bonds. The van der Waals surface area contributed by atoms with Gasteiger partial charge in [-0.05, 0) is 43.7 Å². The van der Waals surface area contributed by atoms with Crippen LogP contribution < -0.4 is 14.8 Å². The van der Waals surface area contributed by atoms with E-state index < -0.39 is 0 Å². The van der Waals surface area contributed by atoms with Crippen molar-refractivity contribution in [2.24, 2.45) is 0 Å². The predicted molar refractivity (Wildman–Crippen MR) is 89.2 cm³/mol. The number of hydrogen-bond donors (Lipinski definition) is 2. The SMILES string of the molecule is CCOc1ccc(OCC)c(NC(=O)Cc2ccc(O)cc2)c1. The first-order valence-electron chi connectivity index (χ1n) is 7.59. The molecular formula is C18H21NO4. The second-order valence-corrected chi connectivity index (χ2v) is 4.92. The Hall–Kier alpha value is -2.69. The summed E-state index contributed by atoms with van der Waals surface area (Å²) in [5.74, 6) is 1.30. The van der Waals surface area contributed by atoms with Crippen LogP contribution in [0.4, 0.5) is 5.69 Å². The highest BCUT2D eigenvalue weighted by molar-refractivity contribution is 5.94. The van der Waals surface area contributed by atoms with Gasteiger partial charge in [-0.15, -0.1) is 0 Å². The number of ether oxygens (including phenoxy) is 2. The highest BCUT2D eigenvalue weighted by Crippen LogP contribution is 2.29. The zero-order chi connectivity index (χ0) is 16.7. The smallest absolute Gasteiger partial charge is 0.228 e. The molecule has 5 heteroatoms. The summed E-state index contributed by atoms with van der Waals surface area (Å²) in [5, 5.41) is 12.1. The van der Waals surface area contributed by atoms with Gasteiger partial charge >= 0.3 is 0 Å². The zero-order valence-electron chi connectivity index (χ0n) is 13.3. The number of carbonyl (C=O) groups is 1. The van der Waals surface area contributed by atoms with Crippen molar-refractivity contribution >= 4 is 11.6 Å². The summed E-state index contributed by atoms with van der Waals surface area (Å²) in [7, 11) is 0. The van der Waals surface area contributed by atoms with Gasteiger partial charge in [0.2, 0.25) is 5.91 Å². The molecule has 0 heterocycles. The van der Waals surface area contributed by atoms with E-state index in [1.54, 1.807) is 36.4 Å². The molecular weight excluding hydrogens is 294 g/mol. The molecule has 0 unspecified atom stereocenters. The third kappa shape index (κ3) is 4.92. The van der Waals surface area contributed by atoms with Crippen LogP contribution in [0.3, 0.4) is 0 Å².